The zero-order chi connectivity index (χ0) is 16.5. The zero-order valence-electron chi connectivity index (χ0n) is 13.7. The van der Waals surface area contributed by atoms with Gasteiger partial charge in [-0.1, -0.05) is 0 Å². The minimum Gasteiger partial charge on any atom is -0.497 e. The maximum absolute atomic E-state index is 11.9. The molecular weight excluding hydrogens is 302 g/mol. The molecule has 2 aromatic heterocycles. The van der Waals surface area contributed by atoms with Gasteiger partial charge in [-0.25, -0.2) is 9.36 Å². The van der Waals surface area contributed by atoms with Crippen LogP contribution in [0.4, 0.5) is 0 Å². The largest absolute Gasteiger partial charge is 0.497 e. The lowest BCUT2D eigenvalue weighted by atomic mass is 9.93. The number of ether oxygens (including phenoxy) is 1. The van der Waals surface area contributed by atoms with E-state index in [0.717, 1.165) is 17.4 Å². The Hall–Kier alpha value is -2.62. The summed E-state index contributed by atoms with van der Waals surface area (Å²) >= 11 is 0. The second kappa shape index (κ2) is 6.11. The first kappa shape index (κ1) is 14.9. The highest BCUT2D eigenvalue weighted by atomic mass is 16.5. The molecule has 0 unspecified atom stereocenters. The first-order chi connectivity index (χ1) is 11.7. The van der Waals surface area contributed by atoms with E-state index in [9.17, 15) is 4.79 Å². The summed E-state index contributed by atoms with van der Waals surface area (Å²) < 4.78 is 12.7. The first-order valence-corrected chi connectivity index (χ1v) is 8.34. The van der Waals surface area contributed by atoms with Crippen molar-refractivity contribution in [1.82, 2.24) is 0 Å². The quantitative estimate of drug-likeness (QED) is 0.550. The Balaban J connectivity index is 1.75. The highest BCUT2D eigenvalue weighted by molar-refractivity contribution is 5.81. The van der Waals surface area contributed by atoms with Gasteiger partial charge in [0.25, 0.3) is 0 Å². The number of benzene rings is 1. The van der Waals surface area contributed by atoms with Gasteiger partial charge in [0.1, 0.15) is 11.3 Å². The van der Waals surface area contributed by atoms with Crippen LogP contribution < -0.4 is 14.9 Å². The Morgan fingerprint density at radius 1 is 1.12 bits per heavy atom. The highest BCUT2D eigenvalue weighted by Crippen LogP contribution is 2.23. The number of fused-ring (bicyclic) bond motifs is 2. The SMILES string of the molecule is COc1ccc2c(C[n+]3ccc4c(c3)CCCC4)cc(=O)oc2c1. The zero-order valence-corrected chi connectivity index (χ0v) is 13.7. The summed E-state index contributed by atoms with van der Waals surface area (Å²) in [5.74, 6) is 0.684. The van der Waals surface area contributed by atoms with Gasteiger partial charge < -0.3 is 9.15 Å². The third-order valence-electron chi connectivity index (χ3n) is 4.73. The van der Waals surface area contributed by atoms with Crippen molar-refractivity contribution in [3.05, 3.63) is 69.8 Å². The lowest BCUT2D eigenvalue weighted by Crippen LogP contribution is -2.35. The molecule has 3 aromatic rings. The third-order valence-corrected chi connectivity index (χ3v) is 4.73. The van der Waals surface area contributed by atoms with Crippen molar-refractivity contribution >= 4 is 11.0 Å². The number of hydrogen-bond acceptors (Lipinski definition) is 3. The van der Waals surface area contributed by atoms with Gasteiger partial charge in [0.05, 0.1) is 7.11 Å². The van der Waals surface area contributed by atoms with Gasteiger partial charge in [-0.05, 0) is 43.4 Å². The molecule has 0 atom stereocenters. The number of methoxy groups -OCH3 is 1. The monoisotopic (exact) mass is 322 g/mol. The molecule has 1 aliphatic carbocycles. The molecule has 0 bridgehead atoms. The van der Waals surface area contributed by atoms with Crippen LogP contribution in [0.5, 0.6) is 5.75 Å². The fraction of sp³-hybridized carbons (Fsp3) is 0.300. The molecule has 4 heteroatoms. The molecule has 24 heavy (non-hydrogen) atoms. The van der Waals surface area contributed by atoms with Crippen LogP contribution in [0, 0.1) is 0 Å². The molecule has 0 saturated carbocycles. The van der Waals surface area contributed by atoms with E-state index in [2.05, 4.69) is 23.0 Å². The van der Waals surface area contributed by atoms with Gasteiger partial charge in [-0.2, -0.15) is 0 Å². The van der Waals surface area contributed by atoms with Crippen LogP contribution in [0.15, 0.2) is 51.9 Å². The number of pyridine rings is 1. The van der Waals surface area contributed by atoms with Gasteiger partial charge in [0.15, 0.2) is 18.9 Å². The topological polar surface area (TPSA) is 43.3 Å². The Labute approximate surface area is 140 Å². The molecule has 4 rings (SSSR count). The third kappa shape index (κ3) is 2.80. The van der Waals surface area contributed by atoms with E-state index >= 15 is 0 Å². The van der Waals surface area contributed by atoms with Gasteiger partial charge in [0.2, 0.25) is 0 Å². The predicted molar refractivity (Wildman–Crippen MR) is 91.4 cm³/mol. The van der Waals surface area contributed by atoms with Crippen molar-refractivity contribution in [3.63, 3.8) is 0 Å². The van der Waals surface area contributed by atoms with Crippen molar-refractivity contribution in [2.45, 2.75) is 32.2 Å². The molecular formula is C20H20NO3+. The van der Waals surface area contributed by atoms with E-state index in [-0.39, 0.29) is 5.63 Å². The molecule has 1 aromatic carbocycles. The summed E-state index contributed by atoms with van der Waals surface area (Å²) in [5, 5.41) is 0.945. The van der Waals surface area contributed by atoms with Crippen molar-refractivity contribution in [3.8, 4) is 5.75 Å². The second-order valence-electron chi connectivity index (χ2n) is 6.33. The van der Waals surface area contributed by atoms with E-state index in [4.69, 9.17) is 9.15 Å². The van der Waals surface area contributed by atoms with E-state index in [0.29, 0.717) is 17.9 Å². The average Bonchev–Trinajstić information content (AvgIpc) is 2.61. The Kier molecular flexibility index (Phi) is 3.81. The standard InChI is InChI=1S/C20H20NO3/c1-23-17-6-7-18-16(10-20(22)24-19(18)11-17)13-21-9-8-14-4-2-3-5-15(14)12-21/h6-12H,2-5,13H2,1H3/q+1. The minimum atomic E-state index is -0.329. The van der Waals surface area contributed by atoms with Gasteiger partial charge in [0, 0.05) is 34.7 Å². The van der Waals surface area contributed by atoms with Crippen molar-refractivity contribution in [2.24, 2.45) is 0 Å². The number of hydrogen-bond donors (Lipinski definition) is 0. The summed E-state index contributed by atoms with van der Waals surface area (Å²) in [4.78, 5) is 11.9. The smallest absolute Gasteiger partial charge is 0.336 e. The summed E-state index contributed by atoms with van der Waals surface area (Å²) in [5.41, 5.74) is 4.08. The first-order valence-electron chi connectivity index (χ1n) is 8.34. The van der Waals surface area contributed by atoms with Crippen LogP contribution in [0.25, 0.3) is 11.0 Å². The fourth-order valence-electron chi connectivity index (χ4n) is 3.48. The minimum absolute atomic E-state index is 0.329. The number of nitrogens with zero attached hydrogens (tertiary/aromatic N) is 1. The maximum atomic E-state index is 11.9. The summed E-state index contributed by atoms with van der Waals surface area (Å²) in [7, 11) is 1.60. The second-order valence-corrected chi connectivity index (χ2v) is 6.33. The van der Waals surface area contributed by atoms with Crippen LogP contribution in [0.3, 0.4) is 0 Å². The Morgan fingerprint density at radius 3 is 2.79 bits per heavy atom. The van der Waals surface area contributed by atoms with Crippen molar-refractivity contribution in [2.75, 3.05) is 7.11 Å². The normalized spacial score (nSPS) is 13.7. The van der Waals surface area contributed by atoms with E-state index < -0.39 is 0 Å². The molecule has 0 fully saturated rings. The van der Waals surface area contributed by atoms with Crippen LogP contribution in [-0.2, 0) is 19.4 Å². The number of aromatic nitrogens is 1. The molecule has 0 radical (unpaired) electrons. The van der Waals surface area contributed by atoms with Gasteiger partial charge in [-0.15, -0.1) is 0 Å². The highest BCUT2D eigenvalue weighted by Gasteiger charge is 2.15. The molecule has 0 N–H and O–H groups in total. The molecule has 0 amide bonds. The van der Waals surface area contributed by atoms with Crippen molar-refractivity contribution < 1.29 is 13.7 Å². The molecule has 2 heterocycles. The summed E-state index contributed by atoms with van der Waals surface area (Å²) in [6, 6.07) is 9.40. The van der Waals surface area contributed by atoms with Crippen LogP contribution in [0.2, 0.25) is 0 Å². The van der Waals surface area contributed by atoms with Crippen LogP contribution >= 0.6 is 0 Å². The number of rotatable bonds is 3. The molecule has 122 valence electrons. The maximum Gasteiger partial charge on any atom is 0.336 e. The Bertz CT molecular complexity index is 959. The van der Waals surface area contributed by atoms with E-state index in [1.165, 1.54) is 30.4 Å². The molecule has 0 spiro atoms. The molecule has 4 nitrogen and oxygen atoms in total. The van der Waals surface area contributed by atoms with Crippen LogP contribution in [0.1, 0.15) is 29.5 Å². The Morgan fingerprint density at radius 2 is 1.96 bits per heavy atom. The molecule has 0 saturated heterocycles. The lowest BCUT2D eigenvalue weighted by Gasteiger charge is -2.13. The predicted octanol–water partition coefficient (Wildman–Crippen LogP) is 3.02. The average molecular weight is 322 g/mol. The van der Waals surface area contributed by atoms with Gasteiger partial charge in [-0.3, -0.25) is 0 Å². The van der Waals surface area contributed by atoms with E-state index in [1.807, 2.05) is 12.1 Å². The number of aryl methyl sites for hydroxylation is 2. The van der Waals surface area contributed by atoms with E-state index in [1.54, 1.807) is 19.2 Å². The fourth-order valence-corrected chi connectivity index (χ4v) is 3.48. The molecule has 0 aliphatic heterocycles. The summed E-state index contributed by atoms with van der Waals surface area (Å²) in [6.07, 6.45) is 9.18. The lowest BCUT2D eigenvalue weighted by molar-refractivity contribution is -0.688. The molecule has 1 aliphatic rings. The van der Waals surface area contributed by atoms with Gasteiger partial charge >= 0.3 is 5.63 Å². The van der Waals surface area contributed by atoms with Crippen LogP contribution in [-0.4, -0.2) is 7.11 Å². The summed E-state index contributed by atoms with van der Waals surface area (Å²) in [6.45, 7) is 0.654. The van der Waals surface area contributed by atoms with Crippen molar-refractivity contribution in [1.29, 1.82) is 0 Å².